The normalized spacial score (nSPS) is 15.0. The maximum absolute atomic E-state index is 13.2. The van der Waals surface area contributed by atoms with Crippen LogP contribution in [0.3, 0.4) is 0 Å². The lowest BCUT2D eigenvalue weighted by Gasteiger charge is -2.24. The minimum atomic E-state index is 0.0176. The van der Waals surface area contributed by atoms with Gasteiger partial charge in [0, 0.05) is 50.9 Å². The summed E-state index contributed by atoms with van der Waals surface area (Å²) < 4.78 is 0.806. The van der Waals surface area contributed by atoms with E-state index in [1.54, 1.807) is 6.20 Å². The Kier molecular flexibility index (Phi) is 5.21. The predicted octanol–water partition coefficient (Wildman–Crippen LogP) is 3.14. The molecule has 3 heterocycles. The molecule has 7 nitrogen and oxygen atoms in total. The molecule has 0 atom stereocenters. The number of imidazole rings is 1. The summed E-state index contributed by atoms with van der Waals surface area (Å²) in [7, 11) is 3.80. The smallest absolute Gasteiger partial charge is 0.257 e. The Balaban J connectivity index is 1.52. The summed E-state index contributed by atoms with van der Waals surface area (Å²) >= 11 is 3.44. The van der Waals surface area contributed by atoms with E-state index < -0.39 is 0 Å². The number of halogens is 1. The first-order valence-corrected chi connectivity index (χ1v) is 10.1. The van der Waals surface area contributed by atoms with Gasteiger partial charge in [0.1, 0.15) is 5.82 Å². The highest BCUT2D eigenvalue weighted by Gasteiger charge is 2.24. The van der Waals surface area contributed by atoms with Gasteiger partial charge in [0.25, 0.3) is 5.91 Å². The zero-order chi connectivity index (χ0) is 19.7. The van der Waals surface area contributed by atoms with Crippen molar-refractivity contribution in [2.45, 2.75) is 6.42 Å². The average molecular weight is 443 g/mol. The molecule has 1 N–H and O–H groups in total. The number of hydrogen-bond acceptors (Lipinski definition) is 5. The number of nitrogens with zero attached hydrogens (tertiary/aromatic N) is 5. The van der Waals surface area contributed by atoms with Crippen LogP contribution in [0.1, 0.15) is 16.8 Å². The number of aromatic amines is 1. The van der Waals surface area contributed by atoms with Gasteiger partial charge < -0.3 is 19.7 Å². The summed E-state index contributed by atoms with van der Waals surface area (Å²) in [6.07, 6.45) is 2.61. The Morgan fingerprint density at radius 2 is 2.00 bits per heavy atom. The third-order valence-electron chi connectivity index (χ3n) is 4.95. The maximum Gasteiger partial charge on any atom is 0.257 e. The zero-order valence-electron chi connectivity index (χ0n) is 16.0. The number of benzene rings is 1. The second-order valence-electron chi connectivity index (χ2n) is 7.13. The van der Waals surface area contributed by atoms with Gasteiger partial charge in [-0.1, -0.05) is 12.1 Å². The van der Waals surface area contributed by atoms with Crippen molar-refractivity contribution in [2.75, 3.05) is 50.1 Å². The van der Waals surface area contributed by atoms with Crippen molar-refractivity contribution in [1.82, 2.24) is 19.9 Å². The summed E-state index contributed by atoms with van der Waals surface area (Å²) in [6, 6.07) is 9.88. The Hall–Kier alpha value is -2.61. The molecular formula is C20H23BrN6O. The van der Waals surface area contributed by atoms with Gasteiger partial charge in [-0.2, -0.15) is 0 Å². The topological polar surface area (TPSA) is 68.4 Å². The van der Waals surface area contributed by atoms with Crippen LogP contribution >= 0.6 is 15.9 Å². The number of pyridine rings is 1. The molecule has 2 aromatic heterocycles. The molecule has 0 aliphatic carbocycles. The van der Waals surface area contributed by atoms with E-state index in [1.807, 2.05) is 54.2 Å². The van der Waals surface area contributed by atoms with Gasteiger partial charge >= 0.3 is 0 Å². The second kappa shape index (κ2) is 7.79. The number of anilines is 2. The number of hydrogen-bond donors (Lipinski definition) is 1. The first kappa shape index (κ1) is 18.7. The molecule has 0 saturated carbocycles. The van der Waals surface area contributed by atoms with Crippen LogP contribution in [0, 0.1) is 0 Å². The van der Waals surface area contributed by atoms with Crippen LogP contribution in [0.15, 0.2) is 41.0 Å². The molecule has 0 spiro atoms. The molecular weight excluding hydrogens is 420 g/mol. The number of carbonyl (C=O) groups excluding carboxylic acids is 1. The van der Waals surface area contributed by atoms with Crippen molar-refractivity contribution >= 4 is 44.6 Å². The molecule has 0 radical (unpaired) electrons. The van der Waals surface area contributed by atoms with E-state index in [2.05, 4.69) is 30.8 Å². The first-order valence-electron chi connectivity index (χ1n) is 9.35. The van der Waals surface area contributed by atoms with Crippen LogP contribution in [0.5, 0.6) is 0 Å². The Morgan fingerprint density at radius 1 is 1.18 bits per heavy atom. The van der Waals surface area contributed by atoms with Gasteiger partial charge in [0.2, 0.25) is 5.95 Å². The molecule has 146 valence electrons. The lowest BCUT2D eigenvalue weighted by molar-refractivity contribution is 0.0767. The molecule has 1 aromatic carbocycles. The first-order chi connectivity index (χ1) is 13.5. The van der Waals surface area contributed by atoms with E-state index in [-0.39, 0.29) is 5.91 Å². The molecule has 1 aliphatic rings. The fourth-order valence-corrected chi connectivity index (χ4v) is 3.87. The zero-order valence-corrected chi connectivity index (χ0v) is 17.6. The van der Waals surface area contributed by atoms with E-state index in [1.165, 1.54) is 0 Å². The van der Waals surface area contributed by atoms with Crippen molar-refractivity contribution in [3.8, 4) is 0 Å². The number of nitrogens with one attached hydrogen (secondary N) is 1. The molecule has 3 aromatic rings. The number of para-hydroxylation sites is 2. The standard InChI is InChI=1S/C20H23BrN6O/c1-25(2)18-15(12-14(21)13-22-18)19(28)26-8-5-9-27(11-10-26)20-23-16-6-3-4-7-17(16)24-20/h3-4,6-7,12-13H,5,8-11H2,1-2H3,(H,23,24). The molecule has 0 bridgehead atoms. The molecule has 1 amide bonds. The lowest BCUT2D eigenvalue weighted by Crippen LogP contribution is -2.36. The number of rotatable bonds is 3. The van der Waals surface area contributed by atoms with Gasteiger partial charge in [-0.3, -0.25) is 4.79 Å². The van der Waals surface area contributed by atoms with Gasteiger partial charge in [-0.05, 0) is 40.5 Å². The fourth-order valence-electron chi connectivity index (χ4n) is 3.54. The fraction of sp³-hybridized carbons (Fsp3) is 0.350. The Bertz CT molecular complexity index is 968. The van der Waals surface area contributed by atoms with E-state index in [9.17, 15) is 4.79 Å². The highest BCUT2D eigenvalue weighted by molar-refractivity contribution is 9.10. The van der Waals surface area contributed by atoms with Gasteiger partial charge in [0.15, 0.2) is 0 Å². The molecule has 0 unspecified atom stereocenters. The Morgan fingerprint density at radius 3 is 2.79 bits per heavy atom. The third kappa shape index (κ3) is 3.69. The molecule has 8 heteroatoms. The quantitative estimate of drug-likeness (QED) is 0.674. The maximum atomic E-state index is 13.2. The van der Waals surface area contributed by atoms with E-state index in [0.29, 0.717) is 17.9 Å². The summed E-state index contributed by atoms with van der Waals surface area (Å²) in [6.45, 7) is 2.97. The third-order valence-corrected chi connectivity index (χ3v) is 5.38. The van der Waals surface area contributed by atoms with E-state index in [0.717, 1.165) is 47.5 Å². The van der Waals surface area contributed by atoms with Gasteiger partial charge in [-0.15, -0.1) is 0 Å². The highest BCUT2D eigenvalue weighted by atomic mass is 79.9. The van der Waals surface area contributed by atoms with Crippen molar-refractivity contribution in [3.05, 3.63) is 46.6 Å². The molecule has 1 aliphatic heterocycles. The monoisotopic (exact) mass is 442 g/mol. The molecule has 1 saturated heterocycles. The summed E-state index contributed by atoms with van der Waals surface area (Å²) in [5.74, 6) is 1.57. The Labute approximate surface area is 172 Å². The molecule has 1 fully saturated rings. The number of amides is 1. The number of H-pyrrole nitrogens is 1. The summed E-state index contributed by atoms with van der Waals surface area (Å²) in [4.78, 5) is 31.7. The van der Waals surface area contributed by atoms with Gasteiger partial charge in [-0.25, -0.2) is 9.97 Å². The summed E-state index contributed by atoms with van der Waals surface area (Å²) in [5, 5.41) is 0. The van der Waals surface area contributed by atoms with Crippen LogP contribution in [0.2, 0.25) is 0 Å². The predicted molar refractivity (Wildman–Crippen MR) is 115 cm³/mol. The van der Waals surface area contributed by atoms with Crippen molar-refractivity contribution in [1.29, 1.82) is 0 Å². The minimum Gasteiger partial charge on any atom is -0.362 e. The largest absolute Gasteiger partial charge is 0.362 e. The van der Waals surface area contributed by atoms with Crippen molar-refractivity contribution < 1.29 is 4.79 Å². The van der Waals surface area contributed by atoms with Crippen LogP contribution in [0.4, 0.5) is 11.8 Å². The molecule has 4 rings (SSSR count). The van der Waals surface area contributed by atoms with Crippen LogP contribution < -0.4 is 9.80 Å². The summed E-state index contributed by atoms with van der Waals surface area (Å²) in [5.41, 5.74) is 2.62. The van der Waals surface area contributed by atoms with Gasteiger partial charge in [0.05, 0.1) is 16.6 Å². The van der Waals surface area contributed by atoms with Crippen LogP contribution in [-0.2, 0) is 0 Å². The SMILES string of the molecule is CN(C)c1ncc(Br)cc1C(=O)N1CCCN(c2nc3ccccc3[nH]2)CC1. The second-order valence-corrected chi connectivity index (χ2v) is 8.05. The van der Waals surface area contributed by atoms with Crippen molar-refractivity contribution in [2.24, 2.45) is 0 Å². The van der Waals surface area contributed by atoms with Crippen LogP contribution in [0.25, 0.3) is 11.0 Å². The van der Waals surface area contributed by atoms with E-state index in [4.69, 9.17) is 4.98 Å². The number of fused-ring (bicyclic) bond motifs is 1. The molecule has 28 heavy (non-hydrogen) atoms. The van der Waals surface area contributed by atoms with Crippen molar-refractivity contribution in [3.63, 3.8) is 0 Å². The lowest BCUT2D eigenvalue weighted by atomic mass is 10.2. The van der Waals surface area contributed by atoms with Crippen LogP contribution in [-0.4, -0.2) is 66.0 Å². The average Bonchev–Trinajstić information content (AvgIpc) is 2.96. The highest BCUT2D eigenvalue weighted by Crippen LogP contribution is 2.23. The minimum absolute atomic E-state index is 0.0176. The number of aromatic nitrogens is 3. The number of carbonyl (C=O) groups is 1. The van der Waals surface area contributed by atoms with E-state index >= 15 is 0 Å².